The number of benzene rings is 2. The molecule has 0 spiro atoms. The van der Waals surface area contributed by atoms with Gasteiger partial charge < -0.3 is 19.3 Å². The number of sulfone groups is 1. The molecule has 1 aliphatic carbocycles. The molecule has 210 valence electrons. The highest BCUT2D eigenvalue weighted by Gasteiger charge is 2.38. The molecule has 0 atom stereocenters. The lowest BCUT2D eigenvalue weighted by atomic mass is 9.97. The second-order valence-electron chi connectivity index (χ2n) is 9.68. The molecular formula is C29H36N2O7S. The second-order valence-corrected chi connectivity index (χ2v) is 11.8. The molecule has 4 rings (SSSR count). The molecule has 3 aromatic rings. The molecule has 0 amide bonds. The highest BCUT2D eigenvalue weighted by molar-refractivity contribution is 7.92. The van der Waals surface area contributed by atoms with Gasteiger partial charge in [0.05, 0.1) is 32.2 Å². The molecule has 9 nitrogen and oxygen atoms in total. The van der Waals surface area contributed by atoms with Crippen LogP contribution in [0.2, 0.25) is 0 Å². The van der Waals surface area contributed by atoms with Crippen LogP contribution in [0.1, 0.15) is 56.8 Å². The SMILES string of the molecule is CCCCc1nc(=O)c(S(=O)(=O)C2CCC(OCc3ccccc3)CC2)c(O)n1-c1c(OC)cccc1OC. The predicted molar refractivity (Wildman–Crippen MR) is 148 cm³/mol. The summed E-state index contributed by atoms with van der Waals surface area (Å²) < 4.78 is 46.0. The first-order valence-electron chi connectivity index (χ1n) is 13.3. The Morgan fingerprint density at radius 2 is 1.62 bits per heavy atom. The number of aromatic nitrogens is 2. The van der Waals surface area contributed by atoms with E-state index in [1.54, 1.807) is 18.2 Å². The number of aromatic hydroxyl groups is 1. The molecule has 10 heteroatoms. The summed E-state index contributed by atoms with van der Waals surface area (Å²) in [5.41, 5.74) is 0.387. The molecule has 1 saturated carbocycles. The number of aryl methyl sites for hydroxylation is 1. The van der Waals surface area contributed by atoms with Gasteiger partial charge in [-0.05, 0) is 49.8 Å². The Labute approximate surface area is 229 Å². The van der Waals surface area contributed by atoms with Crippen molar-refractivity contribution in [3.8, 4) is 23.1 Å². The van der Waals surface area contributed by atoms with E-state index in [2.05, 4.69) is 4.98 Å². The Morgan fingerprint density at radius 3 is 2.21 bits per heavy atom. The number of methoxy groups -OCH3 is 2. The summed E-state index contributed by atoms with van der Waals surface area (Å²) >= 11 is 0. The quantitative estimate of drug-likeness (QED) is 0.364. The molecule has 39 heavy (non-hydrogen) atoms. The maximum Gasteiger partial charge on any atom is 0.295 e. The van der Waals surface area contributed by atoms with E-state index < -0.39 is 31.4 Å². The van der Waals surface area contributed by atoms with Gasteiger partial charge in [-0.3, -0.25) is 9.36 Å². The van der Waals surface area contributed by atoms with Crippen LogP contribution in [0.25, 0.3) is 5.69 Å². The Bertz CT molecular complexity index is 1410. The van der Waals surface area contributed by atoms with Crippen molar-refractivity contribution >= 4 is 9.84 Å². The molecule has 1 fully saturated rings. The first kappa shape index (κ1) is 28.6. The predicted octanol–water partition coefficient (Wildman–Crippen LogP) is 4.60. The molecule has 0 unspecified atom stereocenters. The number of nitrogens with zero attached hydrogens (tertiary/aromatic N) is 2. The lowest BCUT2D eigenvalue weighted by molar-refractivity contribution is 0.0174. The molecule has 0 aliphatic heterocycles. The van der Waals surface area contributed by atoms with Crippen LogP contribution in [-0.2, 0) is 27.6 Å². The second kappa shape index (κ2) is 12.7. The van der Waals surface area contributed by atoms with Gasteiger partial charge in [-0.2, -0.15) is 4.98 Å². The smallest absolute Gasteiger partial charge is 0.295 e. The van der Waals surface area contributed by atoms with Crippen LogP contribution in [0.5, 0.6) is 17.4 Å². The number of rotatable bonds is 11. The Morgan fingerprint density at radius 1 is 0.974 bits per heavy atom. The molecule has 1 aromatic heterocycles. The molecular weight excluding hydrogens is 520 g/mol. The fourth-order valence-corrected chi connectivity index (χ4v) is 6.90. The largest absolute Gasteiger partial charge is 0.494 e. The highest BCUT2D eigenvalue weighted by Crippen LogP contribution is 2.39. The van der Waals surface area contributed by atoms with Crippen molar-refractivity contribution < 1.29 is 27.7 Å². The Kier molecular flexibility index (Phi) is 9.29. The maximum absolute atomic E-state index is 13.8. The zero-order chi connectivity index (χ0) is 28.0. The topological polar surface area (TPSA) is 117 Å². The molecule has 0 bridgehead atoms. The van der Waals surface area contributed by atoms with Crippen LogP contribution in [-0.4, -0.2) is 48.6 Å². The number of hydrogen-bond acceptors (Lipinski definition) is 8. The first-order chi connectivity index (χ1) is 18.8. The number of para-hydroxylation sites is 1. The van der Waals surface area contributed by atoms with Crippen molar-refractivity contribution in [2.45, 2.75) is 74.7 Å². The van der Waals surface area contributed by atoms with Crippen molar-refractivity contribution in [1.82, 2.24) is 9.55 Å². The molecule has 2 aromatic carbocycles. The summed E-state index contributed by atoms with van der Waals surface area (Å²) in [5.74, 6) is 0.241. The third kappa shape index (κ3) is 6.12. The summed E-state index contributed by atoms with van der Waals surface area (Å²) in [6, 6.07) is 14.9. The average Bonchev–Trinajstić information content (AvgIpc) is 2.95. The zero-order valence-electron chi connectivity index (χ0n) is 22.6. The van der Waals surface area contributed by atoms with Gasteiger partial charge in [0.1, 0.15) is 23.0 Å². The van der Waals surface area contributed by atoms with E-state index >= 15 is 0 Å². The van der Waals surface area contributed by atoms with E-state index in [0.29, 0.717) is 56.6 Å². The van der Waals surface area contributed by atoms with Gasteiger partial charge in [-0.25, -0.2) is 8.42 Å². The van der Waals surface area contributed by atoms with Gasteiger partial charge in [0.15, 0.2) is 14.7 Å². The fraction of sp³-hybridized carbons (Fsp3) is 0.448. The van der Waals surface area contributed by atoms with Gasteiger partial charge in [-0.1, -0.05) is 49.7 Å². The molecule has 0 saturated heterocycles. The molecule has 1 heterocycles. The van der Waals surface area contributed by atoms with E-state index in [1.165, 1.54) is 18.8 Å². The lowest BCUT2D eigenvalue weighted by Gasteiger charge is -2.29. The van der Waals surface area contributed by atoms with Crippen molar-refractivity contribution in [3.63, 3.8) is 0 Å². The van der Waals surface area contributed by atoms with Crippen LogP contribution in [0.4, 0.5) is 0 Å². The van der Waals surface area contributed by atoms with E-state index in [-0.39, 0.29) is 17.6 Å². The normalized spacial score (nSPS) is 17.6. The maximum atomic E-state index is 13.8. The summed E-state index contributed by atoms with van der Waals surface area (Å²) in [6.07, 6.45) is 3.48. The van der Waals surface area contributed by atoms with Crippen molar-refractivity contribution in [2.24, 2.45) is 0 Å². The fourth-order valence-electron chi connectivity index (χ4n) is 5.04. The van der Waals surface area contributed by atoms with Crippen molar-refractivity contribution in [3.05, 3.63) is 70.3 Å². The van der Waals surface area contributed by atoms with Crippen LogP contribution < -0.4 is 15.0 Å². The van der Waals surface area contributed by atoms with E-state index in [9.17, 15) is 18.3 Å². The Hall–Kier alpha value is -3.37. The summed E-state index contributed by atoms with van der Waals surface area (Å²) in [5, 5.41) is 10.7. The molecule has 1 aliphatic rings. The van der Waals surface area contributed by atoms with E-state index in [0.717, 1.165) is 12.0 Å². The van der Waals surface area contributed by atoms with Gasteiger partial charge in [0.25, 0.3) is 5.56 Å². The number of hydrogen-bond donors (Lipinski definition) is 1. The van der Waals surface area contributed by atoms with E-state index in [1.807, 2.05) is 37.3 Å². The molecule has 1 N–H and O–H groups in total. The monoisotopic (exact) mass is 556 g/mol. The molecule has 0 radical (unpaired) electrons. The minimum atomic E-state index is -4.20. The zero-order valence-corrected chi connectivity index (χ0v) is 23.4. The van der Waals surface area contributed by atoms with Crippen LogP contribution in [0.3, 0.4) is 0 Å². The van der Waals surface area contributed by atoms with Crippen molar-refractivity contribution in [1.29, 1.82) is 0 Å². The third-order valence-corrected chi connectivity index (χ3v) is 9.43. The number of unbranched alkanes of at least 4 members (excludes halogenated alkanes) is 1. The van der Waals surface area contributed by atoms with Crippen molar-refractivity contribution in [2.75, 3.05) is 14.2 Å². The van der Waals surface area contributed by atoms with Crippen LogP contribution in [0.15, 0.2) is 58.2 Å². The summed E-state index contributed by atoms with van der Waals surface area (Å²) in [6.45, 7) is 2.45. The van der Waals surface area contributed by atoms with Crippen LogP contribution in [0, 0.1) is 0 Å². The van der Waals surface area contributed by atoms with Gasteiger partial charge in [-0.15, -0.1) is 0 Å². The first-order valence-corrected chi connectivity index (χ1v) is 14.8. The minimum Gasteiger partial charge on any atom is -0.494 e. The lowest BCUT2D eigenvalue weighted by Crippen LogP contribution is -2.34. The van der Waals surface area contributed by atoms with E-state index in [4.69, 9.17) is 14.2 Å². The Balaban J connectivity index is 1.68. The van der Waals surface area contributed by atoms with Gasteiger partial charge in [0, 0.05) is 6.42 Å². The standard InChI is InChI=1S/C29H36N2O7S/c1-4-5-14-25-30-28(32)27(29(33)31(25)26-23(36-2)12-9-13-24(26)37-3)39(34,35)22-17-15-21(16-18-22)38-19-20-10-7-6-8-11-20/h6-13,21-22,33H,4-5,14-19H2,1-3H3. The number of ether oxygens (including phenoxy) is 3. The van der Waals surface area contributed by atoms with Crippen LogP contribution >= 0.6 is 0 Å². The van der Waals surface area contributed by atoms with Gasteiger partial charge in [0.2, 0.25) is 5.88 Å². The van der Waals surface area contributed by atoms with Gasteiger partial charge >= 0.3 is 0 Å². The third-order valence-electron chi connectivity index (χ3n) is 7.15. The highest BCUT2D eigenvalue weighted by atomic mass is 32.2. The average molecular weight is 557 g/mol. The minimum absolute atomic E-state index is 0.0747. The summed E-state index contributed by atoms with van der Waals surface area (Å²) in [4.78, 5) is 16.7. The summed E-state index contributed by atoms with van der Waals surface area (Å²) in [7, 11) is -1.27.